The fourth-order valence-corrected chi connectivity index (χ4v) is 4.28. The maximum absolute atomic E-state index is 11.9. The van der Waals surface area contributed by atoms with Crippen molar-refractivity contribution in [3.8, 4) is 11.4 Å². The number of anilines is 1. The minimum absolute atomic E-state index is 0.222. The SMILES string of the molecule is OC(CNc1nc(-c2cnc3nccn3c2)nc2ccccc12)(c1ccccc1)c1ccccc1. The van der Waals surface area contributed by atoms with Gasteiger partial charge in [0.2, 0.25) is 5.78 Å². The Morgan fingerprint density at radius 3 is 2.23 bits per heavy atom. The maximum atomic E-state index is 11.9. The second-order valence-electron chi connectivity index (χ2n) is 8.34. The van der Waals surface area contributed by atoms with Crippen LogP contribution in [0, 0.1) is 0 Å². The van der Waals surface area contributed by atoms with Gasteiger partial charge in [0.25, 0.3) is 0 Å². The predicted octanol–water partition coefficient (Wildman–Crippen LogP) is 4.69. The number of hydrogen-bond acceptors (Lipinski definition) is 6. The third-order valence-corrected chi connectivity index (χ3v) is 6.12. The number of benzene rings is 3. The molecule has 3 aromatic carbocycles. The topological polar surface area (TPSA) is 88.2 Å². The van der Waals surface area contributed by atoms with E-state index in [9.17, 15) is 5.11 Å². The third-order valence-electron chi connectivity index (χ3n) is 6.12. The van der Waals surface area contributed by atoms with Gasteiger partial charge in [-0.15, -0.1) is 0 Å². The highest BCUT2D eigenvalue weighted by atomic mass is 16.3. The fourth-order valence-electron chi connectivity index (χ4n) is 4.28. The molecule has 6 rings (SSSR count). The molecular formula is C28H22N6O. The van der Waals surface area contributed by atoms with Crippen LogP contribution in [-0.4, -0.2) is 36.0 Å². The van der Waals surface area contributed by atoms with Crippen LogP contribution in [0.2, 0.25) is 0 Å². The van der Waals surface area contributed by atoms with E-state index in [4.69, 9.17) is 9.97 Å². The Labute approximate surface area is 201 Å². The van der Waals surface area contributed by atoms with E-state index >= 15 is 0 Å². The molecule has 3 aromatic heterocycles. The number of nitrogens with one attached hydrogen (secondary N) is 1. The molecule has 0 saturated carbocycles. The number of aliphatic hydroxyl groups is 1. The molecule has 0 amide bonds. The Morgan fingerprint density at radius 2 is 1.49 bits per heavy atom. The van der Waals surface area contributed by atoms with E-state index in [1.54, 1.807) is 12.4 Å². The zero-order valence-corrected chi connectivity index (χ0v) is 18.8. The van der Waals surface area contributed by atoms with E-state index in [2.05, 4.69) is 15.3 Å². The average Bonchev–Trinajstić information content (AvgIpc) is 3.40. The number of hydrogen-bond donors (Lipinski definition) is 2. The summed E-state index contributed by atoms with van der Waals surface area (Å²) in [7, 11) is 0. The first-order chi connectivity index (χ1) is 17.2. The summed E-state index contributed by atoms with van der Waals surface area (Å²) in [6, 6.07) is 27.2. The van der Waals surface area contributed by atoms with Gasteiger partial charge in [-0.3, -0.25) is 4.40 Å². The molecule has 35 heavy (non-hydrogen) atoms. The molecule has 0 aliphatic heterocycles. The van der Waals surface area contributed by atoms with Gasteiger partial charge in [-0.05, 0) is 23.3 Å². The Kier molecular flexibility index (Phi) is 5.16. The van der Waals surface area contributed by atoms with Gasteiger partial charge in [0.1, 0.15) is 11.4 Å². The summed E-state index contributed by atoms with van der Waals surface area (Å²) >= 11 is 0. The lowest BCUT2D eigenvalue weighted by molar-refractivity contribution is 0.0949. The van der Waals surface area contributed by atoms with Crippen molar-refractivity contribution in [2.45, 2.75) is 5.60 Å². The summed E-state index contributed by atoms with van der Waals surface area (Å²) in [5.74, 6) is 1.79. The molecule has 0 atom stereocenters. The summed E-state index contributed by atoms with van der Waals surface area (Å²) in [5.41, 5.74) is 1.91. The van der Waals surface area contributed by atoms with Gasteiger partial charge >= 0.3 is 0 Å². The molecule has 2 N–H and O–H groups in total. The lowest BCUT2D eigenvalue weighted by atomic mass is 9.86. The van der Waals surface area contributed by atoms with Crippen LogP contribution in [0.4, 0.5) is 5.82 Å². The van der Waals surface area contributed by atoms with Crippen LogP contribution < -0.4 is 5.32 Å². The number of fused-ring (bicyclic) bond motifs is 2. The minimum atomic E-state index is -1.26. The van der Waals surface area contributed by atoms with E-state index in [-0.39, 0.29) is 6.54 Å². The van der Waals surface area contributed by atoms with E-state index in [1.165, 1.54) is 0 Å². The van der Waals surface area contributed by atoms with Crippen molar-refractivity contribution in [1.29, 1.82) is 0 Å². The maximum Gasteiger partial charge on any atom is 0.233 e. The van der Waals surface area contributed by atoms with Crippen LogP contribution in [0.1, 0.15) is 11.1 Å². The Bertz CT molecular complexity index is 1580. The van der Waals surface area contributed by atoms with Gasteiger partial charge in [0.05, 0.1) is 17.6 Å². The zero-order valence-electron chi connectivity index (χ0n) is 18.8. The van der Waals surface area contributed by atoms with E-state index in [0.717, 1.165) is 27.6 Å². The van der Waals surface area contributed by atoms with Crippen molar-refractivity contribution < 1.29 is 5.11 Å². The molecule has 0 spiro atoms. The van der Waals surface area contributed by atoms with Gasteiger partial charge in [0, 0.05) is 30.2 Å². The van der Waals surface area contributed by atoms with Crippen LogP contribution in [0.5, 0.6) is 0 Å². The van der Waals surface area contributed by atoms with E-state index in [1.807, 2.05) is 102 Å². The van der Waals surface area contributed by atoms with Gasteiger partial charge in [-0.2, -0.15) is 0 Å². The number of rotatable bonds is 6. The normalized spacial score (nSPS) is 11.7. The Hall–Kier alpha value is -4.62. The van der Waals surface area contributed by atoms with Crippen LogP contribution in [0.15, 0.2) is 110 Å². The van der Waals surface area contributed by atoms with Crippen LogP contribution in [-0.2, 0) is 5.60 Å². The molecule has 0 aliphatic rings. The number of aromatic nitrogens is 5. The first-order valence-corrected chi connectivity index (χ1v) is 11.3. The third kappa shape index (κ3) is 3.88. The summed E-state index contributed by atoms with van der Waals surface area (Å²) in [6.45, 7) is 0.222. The highest BCUT2D eigenvalue weighted by Crippen LogP contribution is 2.31. The molecule has 0 saturated heterocycles. The average molecular weight is 459 g/mol. The molecule has 170 valence electrons. The summed E-state index contributed by atoms with van der Waals surface area (Å²) in [4.78, 5) is 18.2. The van der Waals surface area contributed by atoms with Crippen molar-refractivity contribution in [3.05, 3.63) is 121 Å². The largest absolute Gasteiger partial charge is 0.379 e. The van der Waals surface area contributed by atoms with Crippen molar-refractivity contribution in [2.24, 2.45) is 0 Å². The second kappa shape index (κ2) is 8.62. The first kappa shape index (κ1) is 20.9. The van der Waals surface area contributed by atoms with Gasteiger partial charge in [-0.1, -0.05) is 72.8 Å². The molecule has 0 aliphatic carbocycles. The second-order valence-corrected chi connectivity index (χ2v) is 8.34. The Balaban J connectivity index is 1.43. The van der Waals surface area contributed by atoms with Crippen molar-refractivity contribution in [1.82, 2.24) is 24.3 Å². The quantitative estimate of drug-likeness (QED) is 0.377. The van der Waals surface area contributed by atoms with Crippen molar-refractivity contribution >= 4 is 22.5 Å². The van der Waals surface area contributed by atoms with Crippen molar-refractivity contribution in [2.75, 3.05) is 11.9 Å². The van der Waals surface area contributed by atoms with Gasteiger partial charge in [-0.25, -0.2) is 19.9 Å². The van der Waals surface area contributed by atoms with Gasteiger partial charge in [0.15, 0.2) is 5.82 Å². The number of imidazole rings is 1. The van der Waals surface area contributed by atoms with Crippen LogP contribution in [0.3, 0.4) is 0 Å². The highest BCUT2D eigenvalue weighted by Gasteiger charge is 2.31. The van der Waals surface area contributed by atoms with E-state index in [0.29, 0.717) is 17.4 Å². The molecule has 0 fully saturated rings. The Morgan fingerprint density at radius 1 is 0.800 bits per heavy atom. The summed E-state index contributed by atoms with van der Waals surface area (Å²) in [5, 5.41) is 16.2. The zero-order chi connectivity index (χ0) is 23.7. The summed E-state index contributed by atoms with van der Waals surface area (Å²) in [6.07, 6.45) is 7.17. The minimum Gasteiger partial charge on any atom is -0.379 e. The first-order valence-electron chi connectivity index (χ1n) is 11.3. The van der Waals surface area contributed by atoms with Crippen LogP contribution in [0.25, 0.3) is 28.1 Å². The molecular weight excluding hydrogens is 436 g/mol. The number of nitrogens with zero attached hydrogens (tertiary/aromatic N) is 5. The monoisotopic (exact) mass is 458 g/mol. The lowest BCUT2D eigenvalue weighted by Crippen LogP contribution is -2.35. The molecule has 7 heteroatoms. The smallest absolute Gasteiger partial charge is 0.233 e. The fraction of sp³-hybridized carbons (Fsp3) is 0.0714. The predicted molar refractivity (Wildman–Crippen MR) is 136 cm³/mol. The van der Waals surface area contributed by atoms with Crippen molar-refractivity contribution in [3.63, 3.8) is 0 Å². The molecule has 0 bridgehead atoms. The van der Waals surface area contributed by atoms with E-state index < -0.39 is 5.60 Å². The molecule has 6 aromatic rings. The number of para-hydroxylation sites is 1. The van der Waals surface area contributed by atoms with Gasteiger partial charge < -0.3 is 10.4 Å². The molecule has 0 unspecified atom stereocenters. The highest BCUT2D eigenvalue weighted by molar-refractivity contribution is 5.90. The molecule has 0 radical (unpaired) electrons. The molecule has 3 heterocycles. The lowest BCUT2D eigenvalue weighted by Gasteiger charge is -2.30. The molecule has 7 nitrogen and oxygen atoms in total. The van der Waals surface area contributed by atoms with Crippen LogP contribution >= 0.6 is 0 Å². The summed E-state index contributed by atoms with van der Waals surface area (Å²) < 4.78 is 1.84. The standard InChI is InChI=1S/C28H22N6O/c35-28(21-9-3-1-4-10-21,22-11-5-2-6-12-22)19-31-26-23-13-7-8-14-24(23)32-25(33-26)20-17-30-27-29-15-16-34(27)18-20/h1-18,35H,19H2,(H,31,32,33).